The van der Waals surface area contributed by atoms with Crippen molar-refractivity contribution in [2.24, 2.45) is 5.92 Å². The first kappa shape index (κ1) is 12.2. The van der Waals surface area contributed by atoms with Gasteiger partial charge in [0.05, 0.1) is 17.2 Å². The molecule has 0 aliphatic carbocycles. The quantitative estimate of drug-likeness (QED) is 0.804. The van der Waals surface area contributed by atoms with E-state index >= 15 is 0 Å². The molecular weight excluding hydrogens is 210 g/mol. The highest BCUT2D eigenvalue weighted by molar-refractivity contribution is 7.16. The summed E-state index contributed by atoms with van der Waals surface area (Å²) in [4.78, 5) is 12.9. The number of ketones is 1. The zero-order chi connectivity index (χ0) is 11.6. The highest BCUT2D eigenvalue weighted by Gasteiger charge is 2.21. The van der Waals surface area contributed by atoms with E-state index in [0.29, 0.717) is 17.2 Å². The molecule has 1 rings (SSSR count). The lowest BCUT2D eigenvalue weighted by atomic mass is 9.99. The molecule has 0 bridgehead atoms. The molecule has 1 heterocycles. The van der Waals surface area contributed by atoms with Gasteiger partial charge in [-0.05, 0) is 12.5 Å². The molecule has 0 fully saturated rings. The molecule has 0 spiro atoms. The third-order valence-corrected chi connectivity index (χ3v) is 3.41. The van der Waals surface area contributed by atoms with Gasteiger partial charge in [-0.2, -0.15) is 0 Å². The summed E-state index contributed by atoms with van der Waals surface area (Å²) >= 11 is 1.44. The fourth-order valence-electron chi connectivity index (χ4n) is 1.45. The molecule has 15 heavy (non-hydrogen) atoms. The van der Waals surface area contributed by atoms with Gasteiger partial charge in [-0.25, -0.2) is 0 Å². The Bertz CT molecular complexity index is 369. The van der Waals surface area contributed by atoms with E-state index in [9.17, 15) is 4.79 Å². The fraction of sp³-hybridized carbons (Fsp3) is 0.545. The largest absolute Gasteiger partial charge is 0.390 e. The summed E-state index contributed by atoms with van der Waals surface area (Å²) in [7, 11) is 1.64. The van der Waals surface area contributed by atoms with Crippen molar-refractivity contribution in [1.29, 1.82) is 0 Å². The molecule has 84 valence electrons. The molecule has 4 heteroatoms. The Morgan fingerprint density at radius 1 is 1.53 bits per heavy atom. The number of hydrogen-bond acceptors (Lipinski definition) is 4. The summed E-state index contributed by atoms with van der Waals surface area (Å²) in [5, 5.41) is 0.609. The van der Waals surface area contributed by atoms with Crippen molar-refractivity contribution in [3.8, 4) is 0 Å². The number of anilines is 1. The van der Waals surface area contributed by atoms with E-state index < -0.39 is 0 Å². The van der Waals surface area contributed by atoms with E-state index in [1.165, 1.54) is 11.3 Å². The minimum atomic E-state index is -0.0176. The van der Waals surface area contributed by atoms with E-state index in [0.717, 1.165) is 10.4 Å². The molecule has 1 aromatic heterocycles. The smallest absolute Gasteiger partial charge is 0.168 e. The number of methoxy groups -OCH3 is 1. The second-order valence-corrected chi connectivity index (χ2v) is 4.98. The molecule has 0 amide bonds. The second-order valence-electron chi connectivity index (χ2n) is 3.84. The van der Waals surface area contributed by atoms with Gasteiger partial charge in [-0.15, -0.1) is 11.3 Å². The topological polar surface area (TPSA) is 52.3 Å². The number of ether oxygens (including phenoxy) is 1. The number of carbonyl (C=O) groups excluding carboxylic acids is 1. The van der Waals surface area contributed by atoms with Crippen molar-refractivity contribution in [1.82, 2.24) is 0 Å². The van der Waals surface area contributed by atoms with E-state index in [2.05, 4.69) is 0 Å². The van der Waals surface area contributed by atoms with Gasteiger partial charge in [0.15, 0.2) is 5.78 Å². The number of thiophene rings is 1. The summed E-state index contributed by atoms with van der Waals surface area (Å²) in [6, 6.07) is 0. The molecule has 0 aliphatic rings. The van der Waals surface area contributed by atoms with Crippen LogP contribution in [0.5, 0.6) is 0 Å². The molecule has 0 unspecified atom stereocenters. The SMILES string of the molecule is COCc1sc(N)c(C(=O)C(C)C)c1C. The van der Waals surface area contributed by atoms with Crippen LogP contribution >= 0.6 is 11.3 Å². The molecule has 0 radical (unpaired) electrons. The molecule has 0 atom stereocenters. The summed E-state index contributed by atoms with van der Waals surface area (Å²) in [6.45, 7) is 6.21. The third kappa shape index (κ3) is 2.38. The van der Waals surface area contributed by atoms with Gasteiger partial charge in [-0.3, -0.25) is 4.79 Å². The molecule has 0 aliphatic heterocycles. The fourth-order valence-corrected chi connectivity index (χ4v) is 2.50. The number of rotatable bonds is 4. The van der Waals surface area contributed by atoms with Crippen LogP contribution in [0.25, 0.3) is 0 Å². The highest BCUT2D eigenvalue weighted by atomic mass is 32.1. The van der Waals surface area contributed by atoms with Gasteiger partial charge in [-0.1, -0.05) is 13.8 Å². The number of nitrogens with two attached hydrogens (primary N) is 1. The summed E-state index contributed by atoms with van der Waals surface area (Å²) in [5.41, 5.74) is 7.51. The maximum Gasteiger partial charge on any atom is 0.168 e. The van der Waals surface area contributed by atoms with Crippen LogP contribution < -0.4 is 5.73 Å². The van der Waals surface area contributed by atoms with Crippen LogP contribution in [0.3, 0.4) is 0 Å². The zero-order valence-electron chi connectivity index (χ0n) is 9.59. The Labute approximate surface area is 94.2 Å². The van der Waals surface area contributed by atoms with Gasteiger partial charge in [0.1, 0.15) is 0 Å². The first-order valence-corrected chi connectivity index (χ1v) is 5.71. The zero-order valence-corrected chi connectivity index (χ0v) is 10.4. The molecule has 0 aromatic carbocycles. The third-order valence-electron chi connectivity index (χ3n) is 2.32. The Morgan fingerprint density at radius 2 is 2.13 bits per heavy atom. The van der Waals surface area contributed by atoms with Crippen LogP contribution in [0.2, 0.25) is 0 Å². The van der Waals surface area contributed by atoms with Crippen molar-refractivity contribution < 1.29 is 9.53 Å². The lowest BCUT2D eigenvalue weighted by molar-refractivity contribution is 0.0940. The Kier molecular flexibility index (Phi) is 3.88. The molecule has 3 nitrogen and oxygen atoms in total. The van der Waals surface area contributed by atoms with Crippen molar-refractivity contribution >= 4 is 22.1 Å². The van der Waals surface area contributed by atoms with Crippen LogP contribution in [0, 0.1) is 12.8 Å². The minimum Gasteiger partial charge on any atom is -0.390 e. The van der Waals surface area contributed by atoms with E-state index in [4.69, 9.17) is 10.5 Å². The Morgan fingerprint density at radius 3 is 2.60 bits per heavy atom. The lowest BCUT2D eigenvalue weighted by Gasteiger charge is -2.05. The number of hydrogen-bond donors (Lipinski definition) is 1. The van der Waals surface area contributed by atoms with Gasteiger partial charge < -0.3 is 10.5 Å². The normalized spacial score (nSPS) is 11.0. The summed E-state index contributed by atoms with van der Waals surface area (Å²) in [5.74, 6) is 0.0968. The molecule has 0 saturated carbocycles. The van der Waals surface area contributed by atoms with Crippen LogP contribution in [-0.4, -0.2) is 12.9 Å². The van der Waals surface area contributed by atoms with Crippen molar-refractivity contribution in [2.75, 3.05) is 12.8 Å². The minimum absolute atomic E-state index is 0.0176. The molecule has 0 saturated heterocycles. The van der Waals surface area contributed by atoms with Gasteiger partial charge in [0.25, 0.3) is 0 Å². The van der Waals surface area contributed by atoms with Crippen molar-refractivity contribution in [2.45, 2.75) is 27.4 Å². The highest BCUT2D eigenvalue weighted by Crippen LogP contribution is 2.32. The monoisotopic (exact) mass is 227 g/mol. The van der Waals surface area contributed by atoms with Crippen LogP contribution in [-0.2, 0) is 11.3 Å². The van der Waals surface area contributed by atoms with E-state index in [1.54, 1.807) is 7.11 Å². The first-order chi connectivity index (χ1) is 6.99. The number of Topliss-reactive ketones (excluding diaryl/α,β-unsaturated/α-hetero) is 1. The molecule has 1 aromatic rings. The Hall–Kier alpha value is -0.870. The van der Waals surface area contributed by atoms with Gasteiger partial charge in [0, 0.05) is 17.9 Å². The lowest BCUT2D eigenvalue weighted by Crippen LogP contribution is -2.10. The second kappa shape index (κ2) is 4.77. The number of nitrogen functional groups attached to an aromatic ring is 1. The van der Waals surface area contributed by atoms with Crippen molar-refractivity contribution in [3.05, 3.63) is 16.0 Å². The predicted molar refractivity (Wildman–Crippen MR) is 63.3 cm³/mol. The van der Waals surface area contributed by atoms with E-state index in [-0.39, 0.29) is 11.7 Å². The maximum atomic E-state index is 11.9. The Balaban J connectivity index is 3.13. The van der Waals surface area contributed by atoms with Gasteiger partial charge >= 0.3 is 0 Å². The van der Waals surface area contributed by atoms with Gasteiger partial charge in [0.2, 0.25) is 0 Å². The maximum absolute atomic E-state index is 11.9. The predicted octanol–water partition coefficient (Wildman–Crippen LogP) is 2.62. The number of carbonyl (C=O) groups is 1. The van der Waals surface area contributed by atoms with Crippen LogP contribution in [0.4, 0.5) is 5.00 Å². The molecular formula is C11H17NO2S. The average molecular weight is 227 g/mol. The first-order valence-electron chi connectivity index (χ1n) is 4.89. The summed E-state index contributed by atoms with van der Waals surface area (Å²) < 4.78 is 5.06. The van der Waals surface area contributed by atoms with Crippen LogP contribution in [0.1, 0.15) is 34.6 Å². The summed E-state index contributed by atoms with van der Waals surface area (Å²) in [6.07, 6.45) is 0. The standard InChI is InChI=1S/C11H17NO2S/c1-6(2)10(13)9-7(3)8(5-14-4)15-11(9)12/h6H,5,12H2,1-4H3. The molecule has 2 N–H and O–H groups in total. The average Bonchev–Trinajstić information content (AvgIpc) is 2.42. The van der Waals surface area contributed by atoms with Crippen molar-refractivity contribution in [3.63, 3.8) is 0 Å². The van der Waals surface area contributed by atoms with E-state index in [1.807, 2.05) is 20.8 Å². The van der Waals surface area contributed by atoms with Crippen LogP contribution in [0.15, 0.2) is 0 Å².